The highest BCUT2D eigenvalue weighted by molar-refractivity contribution is 5.21. The molecule has 2 nitrogen and oxygen atoms in total. The molecule has 1 aromatic heterocycles. The lowest BCUT2D eigenvalue weighted by atomic mass is 10.1. The van der Waals surface area contributed by atoms with Crippen molar-refractivity contribution in [3.05, 3.63) is 59.5 Å². The second-order valence-electron chi connectivity index (χ2n) is 3.19. The quantitative estimate of drug-likeness (QED) is 0.802. The smallest absolute Gasteiger partial charge is 0.129 e. The molecular formula is C12H12O2. The zero-order valence-corrected chi connectivity index (χ0v) is 7.81. The van der Waals surface area contributed by atoms with Gasteiger partial charge in [-0.3, -0.25) is 0 Å². The van der Waals surface area contributed by atoms with Gasteiger partial charge in [0, 0.05) is 6.42 Å². The Morgan fingerprint density at radius 3 is 2.29 bits per heavy atom. The summed E-state index contributed by atoms with van der Waals surface area (Å²) in [4.78, 5) is 0. The van der Waals surface area contributed by atoms with Crippen LogP contribution in [-0.2, 0) is 13.0 Å². The van der Waals surface area contributed by atoms with Crippen LogP contribution in [0.2, 0.25) is 0 Å². The van der Waals surface area contributed by atoms with E-state index in [1.807, 2.05) is 24.3 Å². The minimum Gasteiger partial charge on any atom is -0.463 e. The highest BCUT2D eigenvalue weighted by atomic mass is 16.4. The summed E-state index contributed by atoms with van der Waals surface area (Å²) in [6, 6.07) is 13.8. The van der Waals surface area contributed by atoms with Crippen molar-refractivity contribution in [1.82, 2.24) is 0 Å². The Kier molecular flexibility index (Phi) is 2.65. The van der Waals surface area contributed by atoms with E-state index in [2.05, 4.69) is 12.1 Å². The predicted molar refractivity (Wildman–Crippen MR) is 53.9 cm³/mol. The Bertz CT molecular complexity index is 390. The third kappa shape index (κ3) is 2.03. The standard InChI is InChI=1S/C12H12O2/c13-9-12-7-6-11(14-12)8-10-4-2-1-3-5-10/h1-7,13H,8-9H2. The molecule has 2 heteroatoms. The second kappa shape index (κ2) is 4.11. The Morgan fingerprint density at radius 1 is 0.929 bits per heavy atom. The molecule has 2 aromatic rings. The minimum atomic E-state index is -0.0329. The molecule has 0 atom stereocenters. The molecule has 0 aliphatic carbocycles. The van der Waals surface area contributed by atoms with E-state index < -0.39 is 0 Å². The number of aliphatic hydroxyl groups is 1. The van der Waals surface area contributed by atoms with E-state index in [0.717, 1.165) is 12.2 Å². The van der Waals surface area contributed by atoms with Crippen molar-refractivity contribution < 1.29 is 9.52 Å². The number of rotatable bonds is 3. The van der Waals surface area contributed by atoms with E-state index in [4.69, 9.17) is 9.52 Å². The summed E-state index contributed by atoms with van der Waals surface area (Å²) in [6.07, 6.45) is 0.779. The third-order valence-electron chi connectivity index (χ3n) is 2.09. The fourth-order valence-electron chi connectivity index (χ4n) is 1.40. The van der Waals surface area contributed by atoms with Crippen molar-refractivity contribution in [3.8, 4) is 0 Å². The lowest BCUT2D eigenvalue weighted by Gasteiger charge is -1.96. The molecule has 0 amide bonds. The van der Waals surface area contributed by atoms with E-state index in [0.29, 0.717) is 5.76 Å². The third-order valence-corrected chi connectivity index (χ3v) is 2.09. The maximum absolute atomic E-state index is 8.82. The first-order valence-electron chi connectivity index (χ1n) is 4.61. The van der Waals surface area contributed by atoms with Crippen LogP contribution >= 0.6 is 0 Å². The van der Waals surface area contributed by atoms with Gasteiger partial charge in [0.15, 0.2) is 0 Å². The summed E-state index contributed by atoms with van der Waals surface area (Å²) in [5.74, 6) is 1.51. The van der Waals surface area contributed by atoms with Crippen molar-refractivity contribution in [2.45, 2.75) is 13.0 Å². The van der Waals surface area contributed by atoms with E-state index >= 15 is 0 Å². The van der Waals surface area contributed by atoms with Crippen molar-refractivity contribution in [1.29, 1.82) is 0 Å². The van der Waals surface area contributed by atoms with Crippen LogP contribution in [0.4, 0.5) is 0 Å². The van der Waals surface area contributed by atoms with Gasteiger partial charge in [-0.1, -0.05) is 30.3 Å². The molecule has 1 N–H and O–H groups in total. The fourth-order valence-corrected chi connectivity index (χ4v) is 1.40. The van der Waals surface area contributed by atoms with Crippen LogP contribution in [0.3, 0.4) is 0 Å². The average molecular weight is 188 g/mol. The number of aliphatic hydroxyl groups excluding tert-OH is 1. The summed E-state index contributed by atoms with van der Waals surface area (Å²) in [5, 5.41) is 8.82. The first kappa shape index (κ1) is 9.03. The summed E-state index contributed by atoms with van der Waals surface area (Å²) in [5.41, 5.74) is 1.21. The Hall–Kier alpha value is -1.54. The fraction of sp³-hybridized carbons (Fsp3) is 0.167. The molecule has 0 saturated carbocycles. The first-order valence-corrected chi connectivity index (χ1v) is 4.61. The van der Waals surface area contributed by atoms with E-state index in [1.165, 1.54) is 5.56 Å². The second-order valence-corrected chi connectivity index (χ2v) is 3.19. The van der Waals surface area contributed by atoms with Gasteiger partial charge in [-0.15, -0.1) is 0 Å². The van der Waals surface area contributed by atoms with Crippen molar-refractivity contribution in [2.75, 3.05) is 0 Å². The van der Waals surface area contributed by atoms with Gasteiger partial charge >= 0.3 is 0 Å². The molecule has 0 unspecified atom stereocenters. The van der Waals surface area contributed by atoms with Crippen molar-refractivity contribution in [3.63, 3.8) is 0 Å². The molecule has 2 rings (SSSR count). The van der Waals surface area contributed by atoms with Gasteiger partial charge in [0.25, 0.3) is 0 Å². The predicted octanol–water partition coefficient (Wildman–Crippen LogP) is 2.36. The molecule has 0 saturated heterocycles. The Labute approximate surface area is 82.8 Å². The van der Waals surface area contributed by atoms with Crippen LogP contribution in [0.15, 0.2) is 46.9 Å². The molecule has 0 spiro atoms. The van der Waals surface area contributed by atoms with Gasteiger partial charge < -0.3 is 9.52 Å². The molecule has 0 bridgehead atoms. The molecule has 0 aliphatic heterocycles. The number of hydrogen-bond acceptors (Lipinski definition) is 2. The monoisotopic (exact) mass is 188 g/mol. The molecular weight excluding hydrogens is 176 g/mol. The van der Waals surface area contributed by atoms with Crippen LogP contribution in [0.25, 0.3) is 0 Å². The molecule has 0 fully saturated rings. The van der Waals surface area contributed by atoms with E-state index in [-0.39, 0.29) is 6.61 Å². The van der Waals surface area contributed by atoms with Gasteiger partial charge in [-0.2, -0.15) is 0 Å². The number of benzene rings is 1. The normalized spacial score (nSPS) is 10.4. The van der Waals surface area contributed by atoms with Crippen molar-refractivity contribution >= 4 is 0 Å². The van der Waals surface area contributed by atoms with Gasteiger partial charge in [0.1, 0.15) is 18.1 Å². The van der Waals surface area contributed by atoms with Crippen LogP contribution in [-0.4, -0.2) is 5.11 Å². The van der Waals surface area contributed by atoms with Gasteiger partial charge in [0.2, 0.25) is 0 Å². The molecule has 72 valence electrons. The Morgan fingerprint density at radius 2 is 1.64 bits per heavy atom. The lowest BCUT2D eigenvalue weighted by Crippen LogP contribution is -1.84. The average Bonchev–Trinajstić information content (AvgIpc) is 2.67. The maximum Gasteiger partial charge on any atom is 0.129 e. The summed E-state index contributed by atoms with van der Waals surface area (Å²) < 4.78 is 5.39. The van der Waals surface area contributed by atoms with Gasteiger partial charge in [-0.25, -0.2) is 0 Å². The minimum absolute atomic E-state index is 0.0329. The van der Waals surface area contributed by atoms with Crippen LogP contribution < -0.4 is 0 Å². The maximum atomic E-state index is 8.82. The van der Waals surface area contributed by atoms with Crippen LogP contribution in [0.1, 0.15) is 17.1 Å². The topological polar surface area (TPSA) is 33.4 Å². The summed E-state index contributed by atoms with van der Waals surface area (Å²) in [6.45, 7) is -0.0329. The molecule has 1 heterocycles. The summed E-state index contributed by atoms with van der Waals surface area (Å²) >= 11 is 0. The highest BCUT2D eigenvalue weighted by Gasteiger charge is 2.01. The van der Waals surface area contributed by atoms with Gasteiger partial charge in [0.05, 0.1) is 0 Å². The molecule has 1 aromatic carbocycles. The van der Waals surface area contributed by atoms with Crippen LogP contribution in [0, 0.1) is 0 Å². The zero-order valence-electron chi connectivity index (χ0n) is 7.81. The largest absolute Gasteiger partial charge is 0.463 e. The highest BCUT2D eigenvalue weighted by Crippen LogP contribution is 2.12. The zero-order chi connectivity index (χ0) is 9.80. The van der Waals surface area contributed by atoms with Crippen molar-refractivity contribution in [2.24, 2.45) is 0 Å². The van der Waals surface area contributed by atoms with E-state index in [1.54, 1.807) is 6.07 Å². The first-order chi connectivity index (χ1) is 6.88. The van der Waals surface area contributed by atoms with E-state index in [9.17, 15) is 0 Å². The molecule has 0 radical (unpaired) electrons. The molecule has 0 aliphatic rings. The number of hydrogen-bond donors (Lipinski definition) is 1. The lowest BCUT2D eigenvalue weighted by molar-refractivity contribution is 0.244. The Balaban J connectivity index is 2.11. The summed E-state index contributed by atoms with van der Waals surface area (Å²) in [7, 11) is 0. The SMILES string of the molecule is OCc1ccc(Cc2ccccc2)o1. The number of furan rings is 1. The molecule has 14 heavy (non-hydrogen) atoms. The van der Waals surface area contributed by atoms with Crippen LogP contribution in [0.5, 0.6) is 0 Å². The van der Waals surface area contributed by atoms with Gasteiger partial charge in [-0.05, 0) is 17.7 Å².